The number of carbonyl (C=O) groups excluding carboxylic acids is 1. The number of allylic oxidation sites excluding steroid dienone is 1. The lowest BCUT2D eigenvalue weighted by atomic mass is 9.61. The lowest BCUT2D eigenvalue weighted by molar-refractivity contribution is -0.120. The van der Waals surface area contributed by atoms with Crippen LogP contribution in [0.15, 0.2) is 63.1 Å². The predicted octanol–water partition coefficient (Wildman–Crippen LogP) is 5.17. The lowest BCUT2D eigenvalue weighted by Gasteiger charge is -2.48. The summed E-state index contributed by atoms with van der Waals surface area (Å²) in [5, 5.41) is 22.0. The maximum atomic E-state index is 14.2. The molecule has 0 aliphatic carbocycles. The van der Waals surface area contributed by atoms with E-state index in [9.17, 15) is 18.0 Å². The zero-order chi connectivity index (χ0) is 26.0. The van der Waals surface area contributed by atoms with Crippen LogP contribution in [-0.4, -0.2) is 34.0 Å². The number of halogens is 3. The smallest absolute Gasteiger partial charge is 0.362 e. The Labute approximate surface area is 207 Å². The van der Waals surface area contributed by atoms with Crippen molar-refractivity contribution in [3.05, 3.63) is 69.8 Å². The minimum atomic E-state index is -4.72. The molecule has 1 aromatic carbocycles. The van der Waals surface area contributed by atoms with Crippen LogP contribution in [0.3, 0.4) is 0 Å². The molecule has 2 aromatic rings. The number of rotatable bonds is 3. The van der Waals surface area contributed by atoms with Crippen LogP contribution < -0.4 is 10.6 Å². The van der Waals surface area contributed by atoms with E-state index in [1.54, 1.807) is 19.1 Å². The van der Waals surface area contributed by atoms with E-state index in [1.165, 1.54) is 0 Å². The van der Waals surface area contributed by atoms with Crippen LogP contribution in [0.2, 0.25) is 0 Å². The molecule has 3 aliphatic rings. The summed E-state index contributed by atoms with van der Waals surface area (Å²) in [6.07, 6.45) is -5.08. The van der Waals surface area contributed by atoms with Crippen molar-refractivity contribution in [2.45, 2.75) is 70.8 Å². The van der Waals surface area contributed by atoms with Crippen molar-refractivity contribution in [2.75, 3.05) is 0 Å². The van der Waals surface area contributed by atoms with Crippen LogP contribution in [0.5, 0.6) is 0 Å². The Morgan fingerprint density at radius 2 is 1.89 bits per heavy atom. The second-order valence-electron chi connectivity index (χ2n) is 10.2. The van der Waals surface area contributed by atoms with Crippen LogP contribution >= 0.6 is 0 Å². The normalized spacial score (nSPS) is 24.9. The quantitative estimate of drug-likeness (QED) is 0.613. The summed E-state index contributed by atoms with van der Waals surface area (Å²) in [7, 11) is 0. The topological polar surface area (TPSA) is 91.6 Å². The van der Waals surface area contributed by atoms with E-state index in [4.69, 9.17) is 0 Å². The zero-order valence-electron chi connectivity index (χ0n) is 20.7. The summed E-state index contributed by atoms with van der Waals surface area (Å²) in [4.78, 5) is 13.6. The van der Waals surface area contributed by atoms with Gasteiger partial charge in [-0.1, -0.05) is 25.1 Å². The molecule has 0 saturated heterocycles. The van der Waals surface area contributed by atoms with Gasteiger partial charge in [0.25, 0.3) is 5.91 Å². The summed E-state index contributed by atoms with van der Waals surface area (Å²) in [5.74, 6) is -0.391. The van der Waals surface area contributed by atoms with Crippen molar-refractivity contribution in [2.24, 2.45) is 10.2 Å². The third kappa shape index (κ3) is 3.61. The van der Waals surface area contributed by atoms with Crippen molar-refractivity contribution >= 4 is 5.91 Å². The number of fused-ring (bicyclic) bond motifs is 1. The molecular formula is C26H27F3N6O. The number of alkyl halides is 3. The van der Waals surface area contributed by atoms with Gasteiger partial charge in [-0.15, -0.1) is 5.11 Å². The highest BCUT2D eigenvalue weighted by atomic mass is 19.4. The van der Waals surface area contributed by atoms with Crippen LogP contribution in [0.25, 0.3) is 11.1 Å². The number of azo groups is 1. The molecule has 188 valence electrons. The van der Waals surface area contributed by atoms with Gasteiger partial charge in [0, 0.05) is 28.8 Å². The van der Waals surface area contributed by atoms with E-state index in [0.29, 0.717) is 28.9 Å². The summed E-state index contributed by atoms with van der Waals surface area (Å²) < 4.78 is 42.7. The highest BCUT2D eigenvalue weighted by molar-refractivity contribution is 6.00. The molecule has 0 saturated carbocycles. The molecule has 3 aliphatic heterocycles. The van der Waals surface area contributed by atoms with Gasteiger partial charge >= 0.3 is 6.18 Å². The van der Waals surface area contributed by atoms with Gasteiger partial charge in [0.15, 0.2) is 11.9 Å². The summed E-state index contributed by atoms with van der Waals surface area (Å²) in [5.41, 5.74) is 1.48. The fourth-order valence-corrected chi connectivity index (χ4v) is 5.72. The van der Waals surface area contributed by atoms with E-state index in [1.807, 2.05) is 45.9 Å². The number of amides is 1. The number of aromatic nitrogens is 2. The van der Waals surface area contributed by atoms with Gasteiger partial charge in [0.2, 0.25) is 0 Å². The molecule has 1 amide bonds. The summed E-state index contributed by atoms with van der Waals surface area (Å²) >= 11 is 0. The Hall–Kier alpha value is -3.56. The van der Waals surface area contributed by atoms with Gasteiger partial charge in [0.05, 0.1) is 22.4 Å². The maximum Gasteiger partial charge on any atom is 0.435 e. The van der Waals surface area contributed by atoms with Crippen molar-refractivity contribution in [3.63, 3.8) is 0 Å². The second kappa shape index (κ2) is 7.97. The maximum absolute atomic E-state index is 14.2. The van der Waals surface area contributed by atoms with Crippen LogP contribution in [0.4, 0.5) is 13.2 Å². The van der Waals surface area contributed by atoms with Crippen LogP contribution in [0, 0.1) is 13.8 Å². The van der Waals surface area contributed by atoms with E-state index >= 15 is 0 Å². The van der Waals surface area contributed by atoms with Gasteiger partial charge in [0.1, 0.15) is 0 Å². The van der Waals surface area contributed by atoms with E-state index in [-0.39, 0.29) is 12.0 Å². The van der Waals surface area contributed by atoms with E-state index in [0.717, 1.165) is 16.8 Å². The van der Waals surface area contributed by atoms with Gasteiger partial charge < -0.3 is 10.6 Å². The Bertz CT molecular complexity index is 1370. The Morgan fingerprint density at radius 1 is 1.14 bits per heavy atom. The van der Waals surface area contributed by atoms with Crippen molar-refractivity contribution in [1.82, 2.24) is 20.8 Å². The minimum absolute atomic E-state index is 0.0380. The first-order valence-corrected chi connectivity index (χ1v) is 11.8. The number of benzene rings is 1. The number of carbonyl (C=O) groups is 1. The molecule has 0 spiro atoms. The zero-order valence-corrected chi connectivity index (χ0v) is 20.7. The number of aryl methyl sites for hydroxylation is 2. The number of nitrogens with one attached hydrogen (secondary N) is 2. The third-order valence-electron chi connectivity index (χ3n) is 7.16. The van der Waals surface area contributed by atoms with E-state index in [2.05, 4.69) is 31.1 Å². The van der Waals surface area contributed by atoms with Gasteiger partial charge in [-0.05, 0) is 57.4 Å². The Morgan fingerprint density at radius 3 is 2.58 bits per heavy atom. The molecule has 7 nitrogen and oxygen atoms in total. The molecule has 0 bridgehead atoms. The molecule has 1 unspecified atom stereocenters. The second-order valence-corrected chi connectivity index (χ2v) is 10.2. The largest absolute Gasteiger partial charge is 0.435 e. The first-order valence-electron chi connectivity index (χ1n) is 11.8. The molecule has 0 radical (unpaired) electrons. The number of hydrogen-bond donors (Lipinski definition) is 2. The SMILES string of the molecule is CC[C@@]1(c2cccc(-c3cc(C)nnc3C)c2)C2=C(CC(C)(C)NC2=O)NC2N=NC(C(F)(F)F)=C21. The average molecular weight is 497 g/mol. The summed E-state index contributed by atoms with van der Waals surface area (Å²) in [6.45, 7) is 9.23. The molecular weight excluding hydrogens is 469 g/mol. The third-order valence-corrected chi connectivity index (χ3v) is 7.16. The Kier molecular flexibility index (Phi) is 5.35. The standard InChI is InChI=1S/C26H27F3N6O/c1-6-25(16-9-7-8-15(11-16)17-10-13(2)32-33-14(17)3)19-18(12-24(4,5)31-23(19)36)30-22-20(25)21(34-35-22)26(27,28)29/h7-11,22,30H,6,12H2,1-5H3,(H,31,36)/t22?,25-/m1/s1. The summed E-state index contributed by atoms with van der Waals surface area (Å²) in [6, 6.07) is 9.22. The van der Waals surface area contributed by atoms with Gasteiger partial charge in [-0.3, -0.25) is 4.79 Å². The number of hydrogen-bond acceptors (Lipinski definition) is 6. The minimum Gasteiger partial charge on any atom is -0.362 e. The molecule has 4 heterocycles. The first-order chi connectivity index (χ1) is 16.9. The Balaban J connectivity index is 1.83. The molecule has 2 atom stereocenters. The molecule has 0 fully saturated rings. The predicted molar refractivity (Wildman–Crippen MR) is 128 cm³/mol. The average Bonchev–Trinajstić information content (AvgIpc) is 3.23. The molecule has 5 rings (SSSR count). The van der Waals surface area contributed by atoms with Crippen molar-refractivity contribution in [3.8, 4) is 11.1 Å². The highest BCUT2D eigenvalue weighted by Gasteiger charge is 2.57. The molecule has 10 heteroatoms. The fraction of sp³-hybridized carbons (Fsp3) is 0.423. The van der Waals surface area contributed by atoms with Crippen molar-refractivity contribution in [1.29, 1.82) is 0 Å². The lowest BCUT2D eigenvalue weighted by Crippen LogP contribution is -2.58. The van der Waals surface area contributed by atoms with Gasteiger partial charge in [-0.25, -0.2) is 0 Å². The fourth-order valence-electron chi connectivity index (χ4n) is 5.72. The first kappa shape index (κ1) is 24.1. The molecule has 36 heavy (non-hydrogen) atoms. The van der Waals surface area contributed by atoms with Crippen molar-refractivity contribution < 1.29 is 18.0 Å². The van der Waals surface area contributed by atoms with E-state index < -0.39 is 34.9 Å². The molecule has 2 N–H and O–H groups in total. The van der Waals surface area contributed by atoms with Gasteiger partial charge in [-0.2, -0.15) is 28.5 Å². The highest BCUT2D eigenvalue weighted by Crippen LogP contribution is 2.55. The number of nitrogens with zero attached hydrogens (tertiary/aromatic N) is 4. The van der Waals surface area contributed by atoms with Crippen LogP contribution in [0.1, 0.15) is 50.6 Å². The molecule has 1 aromatic heterocycles. The monoisotopic (exact) mass is 496 g/mol. The van der Waals surface area contributed by atoms with Crippen LogP contribution in [-0.2, 0) is 10.2 Å².